The molecule has 1 aromatic carbocycles. The van der Waals surface area contributed by atoms with E-state index in [2.05, 4.69) is 19.2 Å². The molecule has 0 saturated heterocycles. The third kappa shape index (κ3) is 4.47. The summed E-state index contributed by atoms with van der Waals surface area (Å²) in [6.45, 7) is 11.3. The quantitative estimate of drug-likeness (QED) is 0.782. The standard InChI is InChI=1S/C19H29NO3/c1-6-23-19(5,15-7-8-15)18(21)20-16-9-10-17(14(4)11-16)22-12-13(2)3/h9-11,13,15H,6-8,12H2,1-5H3,(H,20,21)/t19-/m1/s1. The van der Waals surface area contributed by atoms with E-state index in [0.717, 1.165) is 29.8 Å². The van der Waals surface area contributed by atoms with Gasteiger partial charge in [0.25, 0.3) is 5.91 Å². The van der Waals surface area contributed by atoms with Gasteiger partial charge in [0.15, 0.2) is 0 Å². The van der Waals surface area contributed by atoms with Gasteiger partial charge in [0, 0.05) is 12.3 Å². The molecular formula is C19H29NO3. The Morgan fingerprint density at radius 2 is 2.09 bits per heavy atom. The second kappa shape index (κ2) is 7.35. The van der Waals surface area contributed by atoms with Gasteiger partial charge in [0.1, 0.15) is 11.4 Å². The van der Waals surface area contributed by atoms with Gasteiger partial charge in [-0.1, -0.05) is 13.8 Å². The minimum Gasteiger partial charge on any atom is -0.493 e. The summed E-state index contributed by atoms with van der Waals surface area (Å²) in [4.78, 5) is 12.6. The van der Waals surface area contributed by atoms with E-state index >= 15 is 0 Å². The number of anilines is 1. The Balaban J connectivity index is 2.04. The molecule has 1 N–H and O–H groups in total. The SMILES string of the molecule is CCO[C@@](C)(C(=O)Nc1ccc(OCC(C)C)c(C)c1)C1CC1. The Bertz CT molecular complexity index is 552. The summed E-state index contributed by atoms with van der Waals surface area (Å²) in [5.41, 5.74) is 1.08. The van der Waals surface area contributed by atoms with Crippen molar-refractivity contribution in [3.8, 4) is 5.75 Å². The number of hydrogen-bond acceptors (Lipinski definition) is 3. The van der Waals surface area contributed by atoms with Crippen molar-refractivity contribution in [1.29, 1.82) is 0 Å². The molecule has 4 nitrogen and oxygen atoms in total. The van der Waals surface area contributed by atoms with E-state index in [4.69, 9.17) is 9.47 Å². The Hall–Kier alpha value is -1.55. The number of benzene rings is 1. The first-order valence-electron chi connectivity index (χ1n) is 8.55. The van der Waals surface area contributed by atoms with Crippen LogP contribution in [0, 0.1) is 18.8 Å². The lowest BCUT2D eigenvalue weighted by Crippen LogP contribution is -2.44. The third-order valence-corrected chi connectivity index (χ3v) is 4.26. The minimum absolute atomic E-state index is 0.0582. The van der Waals surface area contributed by atoms with Gasteiger partial charge in [-0.05, 0) is 69.2 Å². The molecule has 0 heterocycles. The summed E-state index contributed by atoms with van der Waals surface area (Å²) >= 11 is 0. The number of aryl methyl sites for hydroxylation is 1. The Labute approximate surface area is 139 Å². The second-order valence-electron chi connectivity index (χ2n) is 6.95. The van der Waals surface area contributed by atoms with Crippen molar-refractivity contribution in [3.63, 3.8) is 0 Å². The highest BCUT2D eigenvalue weighted by Gasteiger charge is 2.48. The van der Waals surface area contributed by atoms with Crippen LogP contribution in [0.15, 0.2) is 18.2 Å². The van der Waals surface area contributed by atoms with Gasteiger partial charge in [0.05, 0.1) is 6.61 Å². The first-order chi connectivity index (χ1) is 10.9. The lowest BCUT2D eigenvalue weighted by atomic mass is 9.98. The van der Waals surface area contributed by atoms with Crippen LogP contribution in [0.4, 0.5) is 5.69 Å². The summed E-state index contributed by atoms with van der Waals surface area (Å²) < 4.78 is 11.5. The van der Waals surface area contributed by atoms with Gasteiger partial charge in [-0.15, -0.1) is 0 Å². The van der Waals surface area contributed by atoms with Crippen molar-refractivity contribution in [2.24, 2.45) is 11.8 Å². The highest BCUT2D eigenvalue weighted by Crippen LogP contribution is 2.42. The van der Waals surface area contributed by atoms with Crippen LogP contribution < -0.4 is 10.1 Å². The highest BCUT2D eigenvalue weighted by atomic mass is 16.5. The van der Waals surface area contributed by atoms with Gasteiger partial charge in [-0.2, -0.15) is 0 Å². The van der Waals surface area contributed by atoms with Crippen LogP contribution >= 0.6 is 0 Å². The second-order valence-corrected chi connectivity index (χ2v) is 6.95. The largest absolute Gasteiger partial charge is 0.493 e. The molecule has 0 aromatic heterocycles. The molecule has 0 bridgehead atoms. The van der Waals surface area contributed by atoms with Crippen LogP contribution in [0.1, 0.15) is 46.1 Å². The Kier molecular flexibility index (Phi) is 5.69. The number of rotatable bonds is 8. The number of amides is 1. The number of ether oxygens (including phenoxy) is 2. The molecule has 1 saturated carbocycles. The Morgan fingerprint density at radius 3 is 2.61 bits per heavy atom. The monoisotopic (exact) mass is 319 g/mol. The van der Waals surface area contributed by atoms with Crippen molar-refractivity contribution >= 4 is 11.6 Å². The lowest BCUT2D eigenvalue weighted by Gasteiger charge is -2.28. The van der Waals surface area contributed by atoms with Gasteiger partial charge in [0.2, 0.25) is 0 Å². The first-order valence-corrected chi connectivity index (χ1v) is 8.55. The summed E-state index contributed by atoms with van der Waals surface area (Å²) in [5.74, 6) is 1.62. The number of carbonyl (C=O) groups is 1. The third-order valence-electron chi connectivity index (χ3n) is 4.26. The molecule has 1 aliphatic rings. The molecule has 1 fully saturated rings. The molecule has 1 atom stereocenters. The van der Waals surface area contributed by atoms with Crippen molar-refractivity contribution < 1.29 is 14.3 Å². The van der Waals surface area contributed by atoms with Gasteiger partial charge in [-0.25, -0.2) is 0 Å². The summed E-state index contributed by atoms with van der Waals surface area (Å²) in [6.07, 6.45) is 2.12. The molecule has 0 aliphatic heterocycles. The zero-order chi connectivity index (χ0) is 17.0. The predicted octanol–water partition coefficient (Wildman–Crippen LogP) is 4.17. The molecule has 1 aliphatic carbocycles. The van der Waals surface area contributed by atoms with Crippen LogP contribution in [0.2, 0.25) is 0 Å². The normalized spacial score (nSPS) is 17.0. The van der Waals surface area contributed by atoms with E-state index < -0.39 is 5.60 Å². The molecule has 4 heteroatoms. The zero-order valence-corrected chi connectivity index (χ0v) is 14.9. The van der Waals surface area contributed by atoms with Crippen molar-refractivity contribution in [2.45, 2.75) is 53.1 Å². The molecular weight excluding hydrogens is 290 g/mol. The van der Waals surface area contributed by atoms with Gasteiger partial charge < -0.3 is 14.8 Å². The average molecular weight is 319 g/mol. The summed E-state index contributed by atoms with van der Waals surface area (Å²) in [7, 11) is 0. The molecule has 1 amide bonds. The van der Waals surface area contributed by atoms with E-state index in [1.807, 2.05) is 39.0 Å². The topological polar surface area (TPSA) is 47.6 Å². The fraction of sp³-hybridized carbons (Fsp3) is 0.632. The molecule has 0 radical (unpaired) electrons. The zero-order valence-electron chi connectivity index (χ0n) is 14.9. The van der Waals surface area contributed by atoms with Crippen LogP contribution in [-0.4, -0.2) is 24.7 Å². The van der Waals surface area contributed by atoms with Crippen LogP contribution in [-0.2, 0) is 9.53 Å². The minimum atomic E-state index is -0.727. The highest BCUT2D eigenvalue weighted by molar-refractivity contribution is 5.97. The Morgan fingerprint density at radius 1 is 1.39 bits per heavy atom. The van der Waals surface area contributed by atoms with Crippen LogP contribution in [0.25, 0.3) is 0 Å². The van der Waals surface area contributed by atoms with Crippen molar-refractivity contribution in [1.82, 2.24) is 0 Å². The average Bonchev–Trinajstić information content (AvgIpc) is 3.31. The smallest absolute Gasteiger partial charge is 0.256 e. The molecule has 1 aromatic rings. The fourth-order valence-corrected chi connectivity index (χ4v) is 2.70. The van der Waals surface area contributed by atoms with Crippen LogP contribution in [0.3, 0.4) is 0 Å². The van der Waals surface area contributed by atoms with E-state index in [1.165, 1.54) is 0 Å². The number of carbonyl (C=O) groups excluding carboxylic acids is 1. The van der Waals surface area contributed by atoms with Crippen molar-refractivity contribution in [3.05, 3.63) is 23.8 Å². The fourth-order valence-electron chi connectivity index (χ4n) is 2.70. The number of nitrogens with one attached hydrogen (secondary N) is 1. The van der Waals surface area contributed by atoms with Gasteiger partial charge in [-0.3, -0.25) is 4.79 Å². The van der Waals surface area contributed by atoms with Crippen LogP contribution in [0.5, 0.6) is 5.75 Å². The first kappa shape index (κ1) is 17.8. The molecule has 0 spiro atoms. The number of hydrogen-bond donors (Lipinski definition) is 1. The maximum absolute atomic E-state index is 12.6. The molecule has 128 valence electrons. The van der Waals surface area contributed by atoms with Crippen molar-refractivity contribution in [2.75, 3.05) is 18.5 Å². The summed E-state index contributed by atoms with van der Waals surface area (Å²) in [6, 6.07) is 5.76. The van der Waals surface area contributed by atoms with E-state index in [1.54, 1.807) is 0 Å². The van der Waals surface area contributed by atoms with E-state index in [0.29, 0.717) is 25.0 Å². The maximum atomic E-state index is 12.6. The van der Waals surface area contributed by atoms with E-state index in [-0.39, 0.29) is 5.91 Å². The lowest BCUT2D eigenvalue weighted by molar-refractivity contribution is -0.141. The predicted molar refractivity (Wildman–Crippen MR) is 92.9 cm³/mol. The molecule has 0 unspecified atom stereocenters. The van der Waals surface area contributed by atoms with Gasteiger partial charge >= 0.3 is 0 Å². The molecule has 23 heavy (non-hydrogen) atoms. The molecule has 2 rings (SSSR count). The summed E-state index contributed by atoms with van der Waals surface area (Å²) in [5, 5.41) is 3.00. The maximum Gasteiger partial charge on any atom is 0.256 e. The van der Waals surface area contributed by atoms with E-state index in [9.17, 15) is 4.79 Å².